The van der Waals surface area contributed by atoms with Crippen molar-refractivity contribution in [2.45, 2.75) is 219 Å². The molecule has 0 amide bonds. The van der Waals surface area contributed by atoms with Crippen molar-refractivity contribution < 1.29 is 4.48 Å². The maximum Gasteiger partial charge on any atom is 0.0796 e. The van der Waals surface area contributed by atoms with Crippen molar-refractivity contribution in [2.24, 2.45) is 5.73 Å². The van der Waals surface area contributed by atoms with Crippen molar-refractivity contribution in [1.82, 2.24) is 0 Å². The monoisotopic (exact) mass is 580 g/mol. The summed E-state index contributed by atoms with van der Waals surface area (Å²) in [6.07, 6.45) is 46.3. The number of nitrogens with two attached hydrogens (primary N) is 1. The Morgan fingerprint density at radius 1 is 0.293 bits per heavy atom. The van der Waals surface area contributed by atoms with Gasteiger partial charge >= 0.3 is 0 Å². The van der Waals surface area contributed by atoms with Gasteiger partial charge in [-0.15, -0.1) is 0 Å². The summed E-state index contributed by atoms with van der Waals surface area (Å²) < 4.78 is 1.27. The molecule has 1 atom stereocenters. The lowest BCUT2D eigenvalue weighted by molar-refractivity contribution is -0.910. The van der Waals surface area contributed by atoms with Crippen LogP contribution in [0.15, 0.2) is 0 Å². The molecule has 1 unspecified atom stereocenters. The molecule has 0 aliphatic rings. The summed E-state index contributed by atoms with van der Waals surface area (Å²) in [6, 6.07) is 0. The second-order valence-electron chi connectivity index (χ2n) is 14.2. The molecule has 248 valence electrons. The molecule has 0 bridgehead atoms. The standard InChI is InChI=1S/C39H83N2/c1-4-6-8-10-12-14-16-18-20-22-24-26-28-30-32-34-38-41(3,39-35-36-40)37-33-31-29-27-25-23-21-19-17-15-13-11-9-7-5-2/h4-40H2,1-3H3/q+1. The highest BCUT2D eigenvalue weighted by atomic mass is 15.3. The molecule has 0 radical (unpaired) electrons. The highest BCUT2D eigenvalue weighted by Gasteiger charge is 2.19. The average molecular weight is 580 g/mol. The minimum absolute atomic E-state index is 0.853. The molecule has 0 fully saturated rings. The third-order valence-electron chi connectivity index (χ3n) is 9.76. The van der Waals surface area contributed by atoms with E-state index in [-0.39, 0.29) is 0 Å². The van der Waals surface area contributed by atoms with Crippen LogP contribution in [-0.4, -0.2) is 37.7 Å². The van der Waals surface area contributed by atoms with Gasteiger partial charge in [0.05, 0.1) is 26.7 Å². The predicted molar refractivity (Wildman–Crippen MR) is 189 cm³/mol. The van der Waals surface area contributed by atoms with E-state index in [1.807, 2.05) is 0 Å². The summed E-state index contributed by atoms with van der Waals surface area (Å²) in [5, 5.41) is 0. The van der Waals surface area contributed by atoms with Crippen LogP contribution in [0, 0.1) is 0 Å². The first-order valence-corrected chi connectivity index (χ1v) is 19.7. The summed E-state index contributed by atoms with van der Waals surface area (Å²) in [6.45, 7) is 9.50. The van der Waals surface area contributed by atoms with Gasteiger partial charge in [0.25, 0.3) is 0 Å². The van der Waals surface area contributed by atoms with E-state index < -0.39 is 0 Å². The van der Waals surface area contributed by atoms with Crippen LogP contribution < -0.4 is 5.73 Å². The van der Waals surface area contributed by atoms with Crippen LogP contribution in [0.25, 0.3) is 0 Å². The topological polar surface area (TPSA) is 26.0 Å². The van der Waals surface area contributed by atoms with E-state index in [4.69, 9.17) is 5.73 Å². The van der Waals surface area contributed by atoms with Crippen molar-refractivity contribution in [3.63, 3.8) is 0 Å². The quantitative estimate of drug-likeness (QED) is 0.0579. The molecule has 0 saturated heterocycles. The highest BCUT2D eigenvalue weighted by Crippen LogP contribution is 2.17. The van der Waals surface area contributed by atoms with Crippen molar-refractivity contribution >= 4 is 0 Å². The van der Waals surface area contributed by atoms with E-state index in [2.05, 4.69) is 20.9 Å². The third-order valence-corrected chi connectivity index (χ3v) is 9.76. The minimum atomic E-state index is 0.853. The molecule has 41 heavy (non-hydrogen) atoms. The average Bonchev–Trinajstić information content (AvgIpc) is 2.98. The first-order valence-electron chi connectivity index (χ1n) is 19.7. The number of nitrogens with zero attached hydrogens (tertiary/aromatic N) is 1. The zero-order valence-electron chi connectivity index (χ0n) is 29.5. The van der Waals surface area contributed by atoms with E-state index in [0.29, 0.717) is 0 Å². The maximum atomic E-state index is 5.90. The molecule has 2 heteroatoms. The van der Waals surface area contributed by atoms with Gasteiger partial charge in [-0.25, -0.2) is 0 Å². The number of hydrogen-bond donors (Lipinski definition) is 1. The Bertz CT molecular complexity index is 464. The van der Waals surface area contributed by atoms with Crippen LogP contribution in [0.5, 0.6) is 0 Å². The van der Waals surface area contributed by atoms with Gasteiger partial charge in [-0.05, 0) is 32.2 Å². The van der Waals surface area contributed by atoms with Crippen LogP contribution in [0.2, 0.25) is 0 Å². The number of quaternary nitrogens is 1. The lowest BCUT2D eigenvalue weighted by Gasteiger charge is -2.35. The van der Waals surface area contributed by atoms with Gasteiger partial charge in [-0.1, -0.05) is 187 Å². The largest absolute Gasteiger partial charge is 0.330 e. The van der Waals surface area contributed by atoms with E-state index in [9.17, 15) is 0 Å². The molecule has 0 saturated carbocycles. The molecule has 2 N–H and O–H groups in total. The molecule has 0 aliphatic heterocycles. The lowest BCUT2D eigenvalue weighted by Crippen LogP contribution is -2.46. The first-order chi connectivity index (χ1) is 20.2. The van der Waals surface area contributed by atoms with Crippen LogP contribution in [0.1, 0.15) is 219 Å². The normalized spacial score (nSPS) is 13.2. The molecule has 0 heterocycles. The molecule has 0 aromatic rings. The Morgan fingerprint density at radius 2 is 0.488 bits per heavy atom. The number of hydrogen-bond acceptors (Lipinski definition) is 1. The summed E-state index contributed by atoms with van der Waals surface area (Å²) in [5.74, 6) is 0. The summed E-state index contributed by atoms with van der Waals surface area (Å²) in [5.41, 5.74) is 5.90. The Balaban J connectivity index is 3.59. The number of rotatable bonds is 36. The van der Waals surface area contributed by atoms with Gasteiger partial charge in [0, 0.05) is 6.42 Å². The van der Waals surface area contributed by atoms with E-state index in [1.54, 1.807) is 0 Å². The summed E-state index contributed by atoms with van der Waals surface area (Å²) in [4.78, 5) is 0. The highest BCUT2D eigenvalue weighted by molar-refractivity contribution is 4.53. The van der Waals surface area contributed by atoms with Gasteiger partial charge < -0.3 is 10.2 Å². The van der Waals surface area contributed by atoms with Gasteiger partial charge in [-0.3, -0.25) is 0 Å². The van der Waals surface area contributed by atoms with Crippen molar-refractivity contribution in [3.8, 4) is 0 Å². The molecule has 0 aromatic carbocycles. The lowest BCUT2D eigenvalue weighted by atomic mass is 10.0. The predicted octanol–water partition coefficient (Wildman–Crippen LogP) is 12.9. The van der Waals surface area contributed by atoms with Crippen molar-refractivity contribution in [2.75, 3.05) is 33.2 Å². The van der Waals surface area contributed by atoms with Crippen LogP contribution in [-0.2, 0) is 0 Å². The van der Waals surface area contributed by atoms with Crippen LogP contribution >= 0.6 is 0 Å². The molecule has 0 aliphatic carbocycles. The Kier molecular flexibility index (Phi) is 34.3. The summed E-state index contributed by atoms with van der Waals surface area (Å²) in [7, 11) is 2.52. The minimum Gasteiger partial charge on any atom is -0.330 e. The summed E-state index contributed by atoms with van der Waals surface area (Å²) >= 11 is 0. The van der Waals surface area contributed by atoms with Crippen molar-refractivity contribution in [1.29, 1.82) is 0 Å². The zero-order valence-corrected chi connectivity index (χ0v) is 29.5. The fourth-order valence-corrected chi connectivity index (χ4v) is 6.71. The van der Waals surface area contributed by atoms with E-state index in [0.717, 1.165) is 6.54 Å². The SMILES string of the molecule is CCCCCCCCCCCCCCCCCC[N+](C)(CCCN)CCCCCCCCCCCCCCCCC. The molecular weight excluding hydrogens is 496 g/mol. The fourth-order valence-electron chi connectivity index (χ4n) is 6.71. The maximum absolute atomic E-state index is 5.90. The molecule has 0 spiro atoms. The van der Waals surface area contributed by atoms with Gasteiger partial charge in [0.15, 0.2) is 0 Å². The van der Waals surface area contributed by atoms with Crippen molar-refractivity contribution in [3.05, 3.63) is 0 Å². The van der Waals surface area contributed by atoms with Gasteiger partial charge in [-0.2, -0.15) is 0 Å². The Labute approximate surface area is 262 Å². The Hall–Kier alpha value is -0.0800. The third kappa shape index (κ3) is 32.7. The van der Waals surface area contributed by atoms with Crippen LogP contribution in [0.4, 0.5) is 0 Å². The number of unbranched alkanes of at least 4 members (excludes halogenated alkanes) is 29. The molecule has 0 aromatic heterocycles. The molecular formula is C39H83N2+. The second-order valence-corrected chi connectivity index (χ2v) is 14.2. The Morgan fingerprint density at radius 3 is 0.707 bits per heavy atom. The van der Waals surface area contributed by atoms with E-state index in [1.165, 1.54) is 230 Å². The zero-order chi connectivity index (χ0) is 30.0. The van der Waals surface area contributed by atoms with Crippen LogP contribution in [0.3, 0.4) is 0 Å². The molecule has 0 rings (SSSR count). The van der Waals surface area contributed by atoms with E-state index >= 15 is 0 Å². The fraction of sp³-hybridized carbons (Fsp3) is 1.00. The first kappa shape index (κ1) is 40.9. The smallest absolute Gasteiger partial charge is 0.0796 e. The molecule has 2 nitrogen and oxygen atoms in total. The second kappa shape index (κ2) is 34.4. The van der Waals surface area contributed by atoms with Gasteiger partial charge in [0.2, 0.25) is 0 Å². The van der Waals surface area contributed by atoms with Gasteiger partial charge in [0.1, 0.15) is 0 Å².